The third-order valence-electron chi connectivity index (χ3n) is 4.79. The number of rotatable bonds is 6. The summed E-state index contributed by atoms with van der Waals surface area (Å²) in [6, 6.07) is 19.0. The van der Waals surface area contributed by atoms with E-state index in [-0.39, 0.29) is 33.7 Å². The predicted molar refractivity (Wildman–Crippen MR) is 130 cm³/mol. The van der Waals surface area contributed by atoms with Gasteiger partial charge in [0.2, 0.25) is 0 Å². The minimum absolute atomic E-state index is 0.0358. The molecule has 170 valence electrons. The molecule has 0 aromatic heterocycles. The number of esters is 1. The topological polar surface area (TPSA) is 107 Å². The maximum Gasteiger partial charge on any atom is 0.343 e. The molecule has 2 amide bonds. The van der Waals surface area contributed by atoms with Crippen molar-refractivity contribution in [1.29, 1.82) is 0 Å². The third-order valence-corrected chi connectivity index (χ3v) is 6.22. The lowest BCUT2D eigenvalue weighted by atomic mass is 10.2. The quantitative estimate of drug-likeness (QED) is 0.128. The molecule has 0 aliphatic carbocycles. The zero-order valence-electron chi connectivity index (χ0n) is 17.3. The second-order valence-corrected chi connectivity index (χ2v) is 9.07. The summed E-state index contributed by atoms with van der Waals surface area (Å²) in [7, 11) is 0. The standard InChI is InChI=1S/C24H15BrN2O6S/c25-18-9-7-15(8-10-18)14-26-22(28)21(34-24(26)30)12-16-3-1-6-20(11-16)33-23(29)17-4-2-5-19(13-17)27(31)32/h1-13H,14H2/b21-12-. The molecule has 0 saturated carbocycles. The Bertz CT molecular complexity index is 1340. The lowest BCUT2D eigenvalue weighted by molar-refractivity contribution is -0.384. The predicted octanol–water partition coefficient (Wildman–Crippen LogP) is 5.81. The number of benzene rings is 3. The molecule has 0 N–H and O–H groups in total. The van der Waals surface area contributed by atoms with Crippen molar-refractivity contribution in [2.45, 2.75) is 6.54 Å². The number of carbonyl (C=O) groups excluding carboxylic acids is 3. The van der Waals surface area contributed by atoms with Gasteiger partial charge in [-0.05, 0) is 59.3 Å². The van der Waals surface area contributed by atoms with Gasteiger partial charge in [-0.3, -0.25) is 24.6 Å². The number of halogens is 1. The van der Waals surface area contributed by atoms with Crippen LogP contribution in [-0.4, -0.2) is 26.9 Å². The number of imide groups is 1. The highest BCUT2D eigenvalue weighted by atomic mass is 79.9. The number of hydrogen-bond donors (Lipinski definition) is 0. The maximum absolute atomic E-state index is 12.8. The van der Waals surface area contributed by atoms with Crippen LogP contribution in [0.4, 0.5) is 10.5 Å². The molecule has 34 heavy (non-hydrogen) atoms. The molecule has 10 heteroatoms. The van der Waals surface area contributed by atoms with Gasteiger partial charge >= 0.3 is 5.97 Å². The van der Waals surface area contributed by atoms with Gasteiger partial charge in [-0.1, -0.05) is 46.3 Å². The number of hydrogen-bond acceptors (Lipinski definition) is 7. The fourth-order valence-corrected chi connectivity index (χ4v) is 4.24. The molecule has 4 rings (SSSR count). The summed E-state index contributed by atoms with van der Waals surface area (Å²) in [5.74, 6) is -0.966. The van der Waals surface area contributed by atoms with Crippen molar-refractivity contribution in [2.75, 3.05) is 0 Å². The Morgan fingerprint density at radius 3 is 2.53 bits per heavy atom. The number of thioether (sulfide) groups is 1. The van der Waals surface area contributed by atoms with E-state index in [4.69, 9.17) is 4.74 Å². The summed E-state index contributed by atoms with van der Waals surface area (Å²) in [4.78, 5) is 49.3. The largest absolute Gasteiger partial charge is 0.423 e. The number of nitro benzene ring substituents is 1. The summed E-state index contributed by atoms with van der Waals surface area (Å²) >= 11 is 4.19. The monoisotopic (exact) mass is 538 g/mol. The second kappa shape index (κ2) is 10.0. The maximum atomic E-state index is 12.8. The van der Waals surface area contributed by atoms with Crippen molar-refractivity contribution in [3.05, 3.63) is 109 Å². The second-order valence-electron chi connectivity index (χ2n) is 7.16. The Kier molecular flexibility index (Phi) is 6.90. The molecular formula is C24H15BrN2O6S. The van der Waals surface area contributed by atoms with Gasteiger partial charge in [-0.25, -0.2) is 4.79 Å². The van der Waals surface area contributed by atoms with Crippen LogP contribution in [0.1, 0.15) is 21.5 Å². The van der Waals surface area contributed by atoms with Gasteiger partial charge < -0.3 is 4.74 Å². The zero-order chi connectivity index (χ0) is 24.2. The van der Waals surface area contributed by atoms with Crippen LogP contribution in [0.25, 0.3) is 6.08 Å². The van der Waals surface area contributed by atoms with E-state index in [9.17, 15) is 24.5 Å². The van der Waals surface area contributed by atoms with Gasteiger partial charge in [0, 0.05) is 16.6 Å². The van der Waals surface area contributed by atoms with Crippen molar-refractivity contribution in [2.24, 2.45) is 0 Å². The van der Waals surface area contributed by atoms with Crippen LogP contribution in [0.5, 0.6) is 5.75 Å². The summed E-state index contributed by atoms with van der Waals surface area (Å²) in [5.41, 5.74) is 1.19. The molecule has 3 aromatic rings. The van der Waals surface area contributed by atoms with Gasteiger partial charge in [0.15, 0.2) is 0 Å². The average molecular weight is 539 g/mol. The van der Waals surface area contributed by atoms with Crippen molar-refractivity contribution >= 4 is 56.6 Å². The van der Waals surface area contributed by atoms with E-state index < -0.39 is 16.8 Å². The van der Waals surface area contributed by atoms with E-state index in [1.54, 1.807) is 24.3 Å². The molecule has 1 aliphatic rings. The Morgan fingerprint density at radius 1 is 1.06 bits per heavy atom. The molecule has 3 aromatic carbocycles. The molecule has 0 atom stereocenters. The van der Waals surface area contributed by atoms with Crippen LogP contribution in [0, 0.1) is 10.1 Å². The number of amides is 2. The third kappa shape index (κ3) is 5.41. The summed E-state index contributed by atoms with van der Waals surface area (Å²) in [5, 5.41) is 10.6. The first-order chi connectivity index (χ1) is 16.3. The number of carbonyl (C=O) groups is 3. The fourth-order valence-electron chi connectivity index (χ4n) is 3.14. The molecule has 0 spiro atoms. The van der Waals surface area contributed by atoms with Crippen LogP contribution in [-0.2, 0) is 11.3 Å². The van der Waals surface area contributed by atoms with E-state index in [0.29, 0.717) is 5.56 Å². The van der Waals surface area contributed by atoms with E-state index in [0.717, 1.165) is 27.9 Å². The lowest BCUT2D eigenvalue weighted by Gasteiger charge is -2.12. The van der Waals surface area contributed by atoms with E-state index in [2.05, 4.69) is 15.9 Å². The van der Waals surface area contributed by atoms with Crippen molar-refractivity contribution < 1.29 is 24.0 Å². The molecule has 0 bridgehead atoms. The molecule has 0 radical (unpaired) electrons. The van der Waals surface area contributed by atoms with E-state index in [1.165, 1.54) is 29.2 Å². The summed E-state index contributed by atoms with van der Waals surface area (Å²) in [6.45, 7) is 0.163. The number of nitro groups is 1. The zero-order valence-corrected chi connectivity index (χ0v) is 19.7. The Labute approximate surface area is 206 Å². The highest BCUT2D eigenvalue weighted by Crippen LogP contribution is 2.34. The van der Waals surface area contributed by atoms with Gasteiger partial charge in [0.05, 0.1) is 21.9 Å². The molecular weight excluding hydrogens is 524 g/mol. The van der Waals surface area contributed by atoms with Gasteiger partial charge in [-0.2, -0.15) is 0 Å². The van der Waals surface area contributed by atoms with Gasteiger partial charge in [-0.15, -0.1) is 0 Å². The van der Waals surface area contributed by atoms with Crippen LogP contribution >= 0.6 is 27.7 Å². The van der Waals surface area contributed by atoms with Crippen molar-refractivity contribution in [3.63, 3.8) is 0 Å². The number of nitrogens with zero attached hydrogens (tertiary/aromatic N) is 2. The highest BCUT2D eigenvalue weighted by Gasteiger charge is 2.35. The van der Waals surface area contributed by atoms with Crippen LogP contribution in [0.3, 0.4) is 0 Å². The van der Waals surface area contributed by atoms with Gasteiger partial charge in [0.1, 0.15) is 5.75 Å². The smallest absolute Gasteiger partial charge is 0.343 e. The van der Waals surface area contributed by atoms with Crippen LogP contribution in [0.15, 0.2) is 82.2 Å². The summed E-state index contributed by atoms with van der Waals surface area (Å²) in [6.07, 6.45) is 1.55. The van der Waals surface area contributed by atoms with Crippen molar-refractivity contribution in [1.82, 2.24) is 4.90 Å². The molecule has 0 unspecified atom stereocenters. The minimum atomic E-state index is -0.754. The normalized spacial score (nSPS) is 14.5. The summed E-state index contributed by atoms with van der Waals surface area (Å²) < 4.78 is 6.23. The average Bonchev–Trinajstić information content (AvgIpc) is 3.08. The number of non-ortho nitro benzene ring substituents is 1. The van der Waals surface area contributed by atoms with Crippen molar-refractivity contribution in [3.8, 4) is 5.75 Å². The fraction of sp³-hybridized carbons (Fsp3) is 0.0417. The molecule has 8 nitrogen and oxygen atoms in total. The van der Waals surface area contributed by atoms with E-state index in [1.807, 2.05) is 24.3 Å². The van der Waals surface area contributed by atoms with Gasteiger partial charge in [0.25, 0.3) is 16.8 Å². The minimum Gasteiger partial charge on any atom is -0.423 e. The number of ether oxygens (including phenoxy) is 1. The first-order valence-electron chi connectivity index (χ1n) is 9.87. The Balaban J connectivity index is 1.48. The Morgan fingerprint density at radius 2 is 1.79 bits per heavy atom. The van der Waals surface area contributed by atoms with E-state index >= 15 is 0 Å². The highest BCUT2D eigenvalue weighted by molar-refractivity contribution is 9.10. The first kappa shape index (κ1) is 23.4. The van der Waals surface area contributed by atoms with Crippen LogP contribution in [0.2, 0.25) is 0 Å². The molecule has 1 aliphatic heterocycles. The molecule has 1 fully saturated rings. The SMILES string of the molecule is O=C(Oc1cccc(/C=C2\SC(=O)N(Cc3ccc(Br)cc3)C2=O)c1)c1cccc([N+](=O)[O-])c1. The molecule has 1 heterocycles. The lowest BCUT2D eigenvalue weighted by Crippen LogP contribution is -2.27. The molecule has 1 saturated heterocycles. The first-order valence-corrected chi connectivity index (χ1v) is 11.5. The Hall–Kier alpha value is -3.76. The van der Waals surface area contributed by atoms with Crippen LogP contribution < -0.4 is 4.74 Å².